The van der Waals surface area contributed by atoms with E-state index < -0.39 is 48.4 Å². The molecule has 4 aromatic rings. The van der Waals surface area contributed by atoms with Crippen LogP contribution in [0.5, 0.6) is 11.5 Å². The van der Waals surface area contributed by atoms with Gasteiger partial charge < -0.3 is 29.7 Å². The fraction of sp³-hybridized carbons (Fsp3) is 0.206. The number of benzene rings is 4. The number of alkyl halides is 3. The molecule has 0 spiro atoms. The molecule has 0 saturated carbocycles. The van der Waals surface area contributed by atoms with Crippen molar-refractivity contribution in [2.75, 3.05) is 35.9 Å². The van der Waals surface area contributed by atoms with Crippen LogP contribution in [0.2, 0.25) is 0 Å². The van der Waals surface area contributed by atoms with Gasteiger partial charge in [0, 0.05) is 23.1 Å². The first-order valence-corrected chi connectivity index (χ1v) is 14.1. The zero-order valence-electron chi connectivity index (χ0n) is 25.3. The Kier molecular flexibility index (Phi) is 10.9. The van der Waals surface area contributed by atoms with E-state index in [0.29, 0.717) is 5.69 Å². The summed E-state index contributed by atoms with van der Waals surface area (Å²) in [6.07, 6.45) is -4.65. The molecule has 9 nitrogen and oxygen atoms in total. The van der Waals surface area contributed by atoms with E-state index in [-0.39, 0.29) is 23.1 Å². The molecule has 0 heterocycles. The molecule has 0 saturated heterocycles. The van der Waals surface area contributed by atoms with Crippen LogP contribution in [0.15, 0.2) is 97.1 Å². The van der Waals surface area contributed by atoms with Gasteiger partial charge >= 0.3 is 12.1 Å². The number of halogens is 3. The molecule has 0 aliphatic rings. The average Bonchev–Trinajstić information content (AvgIpc) is 3.03. The second-order valence-electron chi connectivity index (χ2n) is 10.2. The third-order valence-electron chi connectivity index (χ3n) is 6.58. The molecule has 0 fully saturated rings. The molecule has 240 valence electrons. The van der Waals surface area contributed by atoms with Crippen molar-refractivity contribution in [1.82, 2.24) is 0 Å². The summed E-state index contributed by atoms with van der Waals surface area (Å²) < 4.78 is 55.4. The number of ether oxygens (including phenoxy) is 3. The van der Waals surface area contributed by atoms with Gasteiger partial charge in [-0.15, -0.1) is 0 Å². The Morgan fingerprint density at radius 1 is 0.761 bits per heavy atom. The zero-order valence-corrected chi connectivity index (χ0v) is 25.3. The van der Waals surface area contributed by atoms with E-state index in [2.05, 4.69) is 29.4 Å². The van der Waals surface area contributed by atoms with E-state index in [4.69, 9.17) is 14.2 Å². The normalized spacial score (nSPS) is 11.0. The molecule has 46 heavy (non-hydrogen) atoms. The summed E-state index contributed by atoms with van der Waals surface area (Å²) in [6.45, 7) is 2.98. The minimum atomic E-state index is -4.65. The predicted octanol–water partition coefficient (Wildman–Crippen LogP) is 7.07. The van der Waals surface area contributed by atoms with Gasteiger partial charge in [0.15, 0.2) is 24.7 Å². The minimum absolute atomic E-state index is 0.0413. The lowest BCUT2D eigenvalue weighted by Gasteiger charge is -2.29. The highest BCUT2D eigenvalue weighted by molar-refractivity contribution is 5.96. The van der Waals surface area contributed by atoms with Crippen molar-refractivity contribution in [2.24, 2.45) is 0 Å². The number of rotatable bonds is 12. The van der Waals surface area contributed by atoms with Gasteiger partial charge in [0.2, 0.25) is 0 Å². The number of hydrogen-bond acceptors (Lipinski definition) is 7. The number of methoxy groups -OCH3 is 1. The first-order valence-electron chi connectivity index (χ1n) is 14.1. The largest absolute Gasteiger partial charge is 0.493 e. The SMILES string of the molecule is COc1cc(C(=O)OCC(=O)Nc2ccc(N(c3ccccc3)C(C)C)cc2)ccc1OCC(=O)Nc1ccccc1C(F)(F)F. The summed E-state index contributed by atoms with van der Waals surface area (Å²) in [7, 11) is 1.30. The lowest BCUT2D eigenvalue weighted by molar-refractivity contribution is -0.137. The van der Waals surface area contributed by atoms with Crippen molar-refractivity contribution >= 4 is 40.5 Å². The summed E-state index contributed by atoms with van der Waals surface area (Å²) in [5.74, 6) is -2.07. The van der Waals surface area contributed by atoms with Crippen molar-refractivity contribution in [2.45, 2.75) is 26.1 Å². The zero-order chi connectivity index (χ0) is 33.3. The van der Waals surface area contributed by atoms with Gasteiger partial charge in [-0.2, -0.15) is 13.2 Å². The number of nitrogens with zero attached hydrogens (tertiary/aromatic N) is 1. The van der Waals surface area contributed by atoms with Crippen molar-refractivity contribution < 1.29 is 41.8 Å². The summed E-state index contributed by atoms with van der Waals surface area (Å²) in [5.41, 5.74) is 1.14. The standard InChI is InChI=1S/C34H32F3N3O6/c1-22(2)40(25-9-5-4-6-10-25)26-16-14-24(15-17-26)38-31(41)21-46-33(43)23-13-18-29(30(19-23)44-3)45-20-32(42)39-28-12-8-7-11-27(28)34(35,36)37/h4-19,22H,20-21H2,1-3H3,(H,38,41)(H,39,42). The van der Waals surface area contributed by atoms with Crippen LogP contribution >= 0.6 is 0 Å². The van der Waals surface area contributed by atoms with Crippen LogP contribution in [-0.2, 0) is 20.5 Å². The molecular formula is C34H32F3N3O6. The first kappa shape index (κ1) is 33.4. The van der Waals surface area contributed by atoms with E-state index in [9.17, 15) is 27.6 Å². The summed E-state index contributed by atoms with van der Waals surface area (Å²) >= 11 is 0. The maximum absolute atomic E-state index is 13.2. The van der Waals surface area contributed by atoms with Crippen LogP contribution in [-0.4, -0.2) is 44.1 Å². The van der Waals surface area contributed by atoms with Crippen LogP contribution in [0.1, 0.15) is 29.8 Å². The van der Waals surface area contributed by atoms with Crippen LogP contribution < -0.4 is 25.0 Å². The Bertz CT molecular complexity index is 1660. The molecule has 0 atom stereocenters. The number of para-hydroxylation sites is 2. The number of nitrogens with one attached hydrogen (secondary N) is 2. The van der Waals surface area contributed by atoms with E-state index in [0.717, 1.165) is 23.5 Å². The lowest BCUT2D eigenvalue weighted by Crippen LogP contribution is -2.25. The molecule has 2 N–H and O–H groups in total. The minimum Gasteiger partial charge on any atom is -0.493 e. The second-order valence-corrected chi connectivity index (χ2v) is 10.2. The molecule has 0 radical (unpaired) electrons. The van der Waals surface area contributed by atoms with Crippen molar-refractivity contribution in [3.8, 4) is 11.5 Å². The quantitative estimate of drug-likeness (QED) is 0.160. The Morgan fingerprint density at radius 2 is 1.39 bits per heavy atom. The van der Waals surface area contributed by atoms with Gasteiger partial charge in [0.1, 0.15) is 0 Å². The molecule has 12 heteroatoms. The topological polar surface area (TPSA) is 106 Å². The van der Waals surface area contributed by atoms with Crippen molar-refractivity contribution in [3.63, 3.8) is 0 Å². The highest BCUT2D eigenvalue weighted by atomic mass is 19.4. The Hall–Kier alpha value is -5.52. The number of carbonyl (C=O) groups is 3. The molecule has 0 aliphatic carbocycles. The number of carbonyl (C=O) groups excluding carboxylic acids is 3. The third-order valence-corrected chi connectivity index (χ3v) is 6.58. The van der Waals surface area contributed by atoms with E-state index in [1.54, 1.807) is 12.1 Å². The first-order chi connectivity index (χ1) is 22.0. The summed E-state index contributed by atoms with van der Waals surface area (Å²) in [4.78, 5) is 39.6. The number of esters is 1. The van der Waals surface area contributed by atoms with Gasteiger partial charge in [0.25, 0.3) is 11.8 Å². The fourth-order valence-corrected chi connectivity index (χ4v) is 4.53. The maximum atomic E-state index is 13.2. The predicted molar refractivity (Wildman–Crippen MR) is 168 cm³/mol. The van der Waals surface area contributed by atoms with Gasteiger partial charge in [-0.25, -0.2) is 4.79 Å². The summed E-state index contributed by atoms with van der Waals surface area (Å²) in [5, 5.41) is 4.87. The molecule has 0 aromatic heterocycles. The number of amides is 2. The monoisotopic (exact) mass is 635 g/mol. The van der Waals surface area contributed by atoms with Crippen LogP contribution in [0.3, 0.4) is 0 Å². The number of hydrogen-bond donors (Lipinski definition) is 2. The second kappa shape index (κ2) is 15.0. The van der Waals surface area contributed by atoms with Gasteiger partial charge in [-0.1, -0.05) is 30.3 Å². The van der Waals surface area contributed by atoms with Crippen molar-refractivity contribution in [3.05, 3.63) is 108 Å². The van der Waals surface area contributed by atoms with Gasteiger partial charge in [0.05, 0.1) is 23.9 Å². The Balaban J connectivity index is 1.30. The molecule has 0 bridgehead atoms. The van der Waals surface area contributed by atoms with E-state index >= 15 is 0 Å². The number of anilines is 4. The Labute approximate surface area is 263 Å². The molecular weight excluding hydrogens is 603 g/mol. The van der Waals surface area contributed by atoms with Crippen LogP contribution in [0.25, 0.3) is 0 Å². The highest BCUT2D eigenvalue weighted by Crippen LogP contribution is 2.35. The molecule has 0 unspecified atom stereocenters. The molecule has 0 aliphatic heterocycles. The average molecular weight is 636 g/mol. The van der Waals surface area contributed by atoms with E-state index in [1.165, 1.54) is 37.4 Å². The molecule has 4 rings (SSSR count). The fourth-order valence-electron chi connectivity index (χ4n) is 4.53. The lowest BCUT2D eigenvalue weighted by atomic mass is 10.1. The highest BCUT2D eigenvalue weighted by Gasteiger charge is 2.33. The third kappa shape index (κ3) is 8.78. The Morgan fingerprint density at radius 3 is 2.04 bits per heavy atom. The molecule has 4 aromatic carbocycles. The maximum Gasteiger partial charge on any atom is 0.418 e. The smallest absolute Gasteiger partial charge is 0.418 e. The van der Waals surface area contributed by atoms with Crippen molar-refractivity contribution in [1.29, 1.82) is 0 Å². The van der Waals surface area contributed by atoms with Crippen LogP contribution in [0.4, 0.5) is 35.9 Å². The van der Waals surface area contributed by atoms with E-state index in [1.807, 2.05) is 42.5 Å². The summed E-state index contributed by atoms with van der Waals surface area (Å²) in [6, 6.07) is 25.9. The molecule has 2 amide bonds. The van der Waals surface area contributed by atoms with Gasteiger partial charge in [-0.05, 0) is 80.6 Å². The van der Waals surface area contributed by atoms with Crippen LogP contribution in [0, 0.1) is 0 Å². The van der Waals surface area contributed by atoms with Gasteiger partial charge in [-0.3, -0.25) is 9.59 Å².